The first-order chi connectivity index (χ1) is 9.08. The lowest BCUT2D eigenvalue weighted by molar-refractivity contribution is 0.190. The third-order valence-corrected chi connectivity index (χ3v) is 2.75. The number of hydrogen-bond acceptors (Lipinski definition) is 2. The average molecular weight is 264 g/mol. The number of hydrogen-bond donors (Lipinski definition) is 1. The number of rotatable bonds is 4. The fraction of sp³-hybridized carbons (Fsp3) is 0.200. The third kappa shape index (κ3) is 3.29. The number of para-hydroxylation sites is 1. The van der Waals surface area contributed by atoms with Crippen molar-refractivity contribution in [1.82, 2.24) is 0 Å². The van der Waals surface area contributed by atoms with Crippen LogP contribution in [0, 0.1) is 11.6 Å². The molecular formula is C15H14F2O2. The van der Waals surface area contributed by atoms with Gasteiger partial charge in [-0.3, -0.25) is 0 Å². The molecule has 2 aromatic rings. The molecule has 1 atom stereocenters. The zero-order valence-electron chi connectivity index (χ0n) is 10.4. The summed E-state index contributed by atoms with van der Waals surface area (Å²) in [7, 11) is 0. The van der Waals surface area contributed by atoms with Crippen molar-refractivity contribution >= 4 is 0 Å². The second-order valence-electron chi connectivity index (χ2n) is 4.25. The summed E-state index contributed by atoms with van der Waals surface area (Å²) in [5.74, 6) is -1.25. The number of aliphatic hydroxyl groups excluding tert-OH is 1. The van der Waals surface area contributed by atoms with Crippen molar-refractivity contribution in [3.8, 4) is 5.75 Å². The Kier molecular flexibility index (Phi) is 4.12. The highest BCUT2D eigenvalue weighted by atomic mass is 19.2. The van der Waals surface area contributed by atoms with Gasteiger partial charge in [0.2, 0.25) is 0 Å². The van der Waals surface area contributed by atoms with Crippen molar-refractivity contribution in [1.29, 1.82) is 0 Å². The van der Waals surface area contributed by atoms with E-state index >= 15 is 0 Å². The molecule has 2 rings (SSSR count). The minimum atomic E-state index is -0.898. The molecule has 0 bridgehead atoms. The van der Waals surface area contributed by atoms with Gasteiger partial charge >= 0.3 is 0 Å². The van der Waals surface area contributed by atoms with E-state index in [0.29, 0.717) is 16.9 Å². The van der Waals surface area contributed by atoms with Crippen LogP contribution in [0.25, 0.3) is 0 Å². The molecule has 19 heavy (non-hydrogen) atoms. The Morgan fingerprint density at radius 1 is 1.11 bits per heavy atom. The van der Waals surface area contributed by atoms with Crippen LogP contribution in [0.15, 0.2) is 42.5 Å². The van der Waals surface area contributed by atoms with Crippen LogP contribution in [0.5, 0.6) is 5.75 Å². The largest absolute Gasteiger partial charge is 0.489 e. The molecule has 0 aliphatic carbocycles. The normalized spacial score (nSPS) is 12.2. The molecular weight excluding hydrogens is 250 g/mol. The standard InChI is InChI=1S/C15H14F2O2/c1-10(18)12-4-2-3-5-15(12)19-9-11-6-7-13(16)14(17)8-11/h2-8,10,18H,9H2,1H3. The van der Waals surface area contributed by atoms with Crippen molar-refractivity contribution in [2.24, 2.45) is 0 Å². The molecule has 1 unspecified atom stereocenters. The Morgan fingerprint density at radius 3 is 2.53 bits per heavy atom. The molecule has 100 valence electrons. The van der Waals surface area contributed by atoms with E-state index < -0.39 is 17.7 Å². The monoisotopic (exact) mass is 264 g/mol. The number of aliphatic hydroxyl groups is 1. The van der Waals surface area contributed by atoms with E-state index in [1.807, 2.05) is 0 Å². The highest BCUT2D eigenvalue weighted by Crippen LogP contribution is 2.25. The van der Waals surface area contributed by atoms with E-state index in [1.54, 1.807) is 31.2 Å². The van der Waals surface area contributed by atoms with E-state index in [1.165, 1.54) is 6.07 Å². The fourth-order valence-corrected chi connectivity index (χ4v) is 1.75. The van der Waals surface area contributed by atoms with Gasteiger partial charge in [0.25, 0.3) is 0 Å². The molecule has 0 saturated heterocycles. The van der Waals surface area contributed by atoms with Crippen molar-refractivity contribution in [3.63, 3.8) is 0 Å². The van der Waals surface area contributed by atoms with E-state index in [2.05, 4.69) is 0 Å². The molecule has 0 aromatic heterocycles. The maximum Gasteiger partial charge on any atom is 0.159 e. The van der Waals surface area contributed by atoms with Crippen LogP contribution in [-0.4, -0.2) is 5.11 Å². The predicted octanol–water partition coefficient (Wildman–Crippen LogP) is 3.60. The quantitative estimate of drug-likeness (QED) is 0.914. The summed E-state index contributed by atoms with van der Waals surface area (Å²) in [5.41, 5.74) is 1.18. The molecule has 0 radical (unpaired) electrons. The van der Waals surface area contributed by atoms with Crippen LogP contribution >= 0.6 is 0 Å². The number of benzene rings is 2. The van der Waals surface area contributed by atoms with Crippen LogP contribution in [-0.2, 0) is 6.61 Å². The minimum absolute atomic E-state index is 0.112. The van der Waals surface area contributed by atoms with Gasteiger partial charge in [0.15, 0.2) is 11.6 Å². The van der Waals surface area contributed by atoms with Gasteiger partial charge < -0.3 is 9.84 Å². The van der Waals surface area contributed by atoms with Crippen molar-refractivity contribution < 1.29 is 18.6 Å². The Bertz CT molecular complexity index is 568. The first-order valence-corrected chi connectivity index (χ1v) is 5.91. The molecule has 0 spiro atoms. The molecule has 0 aliphatic heterocycles. The summed E-state index contributed by atoms with van der Waals surface area (Å²) in [6.07, 6.45) is -0.652. The second kappa shape index (κ2) is 5.80. The van der Waals surface area contributed by atoms with Gasteiger partial charge in [-0.05, 0) is 30.7 Å². The van der Waals surface area contributed by atoms with Crippen molar-refractivity contribution in [3.05, 3.63) is 65.2 Å². The summed E-state index contributed by atoms with van der Waals surface area (Å²) in [6, 6.07) is 10.7. The maximum atomic E-state index is 13.0. The van der Waals surface area contributed by atoms with Crippen molar-refractivity contribution in [2.75, 3.05) is 0 Å². The van der Waals surface area contributed by atoms with E-state index in [-0.39, 0.29) is 6.61 Å². The molecule has 0 heterocycles. The van der Waals surface area contributed by atoms with E-state index in [9.17, 15) is 13.9 Å². The molecule has 1 N–H and O–H groups in total. The Hall–Kier alpha value is -1.94. The fourth-order valence-electron chi connectivity index (χ4n) is 1.75. The van der Waals surface area contributed by atoms with Gasteiger partial charge in [0.1, 0.15) is 12.4 Å². The lowest BCUT2D eigenvalue weighted by atomic mass is 10.1. The minimum Gasteiger partial charge on any atom is -0.489 e. The lowest BCUT2D eigenvalue weighted by Crippen LogP contribution is -2.01. The summed E-state index contributed by atoms with van der Waals surface area (Å²) >= 11 is 0. The Balaban J connectivity index is 2.12. The highest BCUT2D eigenvalue weighted by molar-refractivity contribution is 5.35. The van der Waals surface area contributed by atoms with Gasteiger partial charge in [0.05, 0.1) is 6.10 Å². The molecule has 2 aromatic carbocycles. The van der Waals surface area contributed by atoms with Crippen LogP contribution in [0.3, 0.4) is 0 Å². The SMILES string of the molecule is CC(O)c1ccccc1OCc1ccc(F)c(F)c1. The zero-order valence-corrected chi connectivity index (χ0v) is 10.4. The third-order valence-electron chi connectivity index (χ3n) is 2.75. The lowest BCUT2D eigenvalue weighted by Gasteiger charge is -2.13. The van der Waals surface area contributed by atoms with E-state index in [4.69, 9.17) is 4.74 Å². The number of ether oxygens (including phenoxy) is 1. The summed E-state index contributed by atoms with van der Waals surface area (Å²) in [5, 5.41) is 9.59. The molecule has 4 heteroatoms. The van der Waals surface area contributed by atoms with Crippen LogP contribution < -0.4 is 4.74 Å². The smallest absolute Gasteiger partial charge is 0.159 e. The molecule has 0 amide bonds. The van der Waals surface area contributed by atoms with Crippen LogP contribution in [0.1, 0.15) is 24.2 Å². The maximum absolute atomic E-state index is 13.0. The first kappa shape index (κ1) is 13.5. The second-order valence-corrected chi connectivity index (χ2v) is 4.25. The van der Waals surface area contributed by atoms with Crippen molar-refractivity contribution in [2.45, 2.75) is 19.6 Å². The predicted molar refractivity (Wildman–Crippen MR) is 67.8 cm³/mol. The molecule has 0 saturated carbocycles. The summed E-state index contributed by atoms with van der Waals surface area (Å²) in [6.45, 7) is 1.75. The van der Waals surface area contributed by atoms with Gasteiger partial charge in [0, 0.05) is 5.56 Å². The topological polar surface area (TPSA) is 29.5 Å². The van der Waals surface area contributed by atoms with Gasteiger partial charge in [-0.2, -0.15) is 0 Å². The Morgan fingerprint density at radius 2 is 1.84 bits per heavy atom. The van der Waals surface area contributed by atoms with Gasteiger partial charge in [-0.25, -0.2) is 8.78 Å². The van der Waals surface area contributed by atoms with Gasteiger partial charge in [-0.1, -0.05) is 24.3 Å². The van der Waals surface area contributed by atoms with Crippen LogP contribution in [0.4, 0.5) is 8.78 Å². The molecule has 2 nitrogen and oxygen atoms in total. The Labute approximate surface area is 110 Å². The zero-order chi connectivity index (χ0) is 13.8. The van der Waals surface area contributed by atoms with E-state index in [0.717, 1.165) is 12.1 Å². The summed E-state index contributed by atoms with van der Waals surface area (Å²) < 4.78 is 31.4. The highest BCUT2D eigenvalue weighted by Gasteiger charge is 2.09. The molecule has 0 fully saturated rings. The first-order valence-electron chi connectivity index (χ1n) is 5.91. The van der Waals surface area contributed by atoms with Crippen LogP contribution in [0.2, 0.25) is 0 Å². The van der Waals surface area contributed by atoms with Gasteiger partial charge in [-0.15, -0.1) is 0 Å². The summed E-state index contributed by atoms with van der Waals surface area (Å²) in [4.78, 5) is 0. The number of halogens is 2. The average Bonchev–Trinajstić information content (AvgIpc) is 2.40. The molecule has 0 aliphatic rings.